The van der Waals surface area contributed by atoms with Gasteiger partial charge < -0.3 is 15.4 Å². The van der Waals surface area contributed by atoms with Crippen molar-refractivity contribution in [1.29, 1.82) is 0 Å². The molecular weight excluding hydrogens is 250 g/mol. The van der Waals surface area contributed by atoms with Crippen molar-refractivity contribution in [3.05, 3.63) is 23.8 Å². The lowest BCUT2D eigenvalue weighted by atomic mass is 10.1. The molecule has 19 heavy (non-hydrogen) atoms. The fraction of sp³-hybridized carbons (Fsp3) is 0.250. The molecule has 1 heterocycles. The Morgan fingerprint density at radius 1 is 1.32 bits per heavy atom. The van der Waals surface area contributed by atoms with Crippen LogP contribution in [0.5, 0.6) is 0 Å². The molecule has 2 amide bonds. The van der Waals surface area contributed by atoms with E-state index in [1.165, 1.54) is 19.2 Å². The molecular formula is C12H13N3O4. The van der Waals surface area contributed by atoms with Crippen LogP contribution in [0.4, 0.5) is 11.4 Å². The summed E-state index contributed by atoms with van der Waals surface area (Å²) in [5.74, 6) is -1.26. The smallest absolute Gasteiger partial charge is 0.337 e. The van der Waals surface area contributed by atoms with Gasteiger partial charge in [0.15, 0.2) is 0 Å². The van der Waals surface area contributed by atoms with Gasteiger partial charge >= 0.3 is 5.97 Å². The highest BCUT2D eigenvalue weighted by atomic mass is 16.5. The first-order valence-electron chi connectivity index (χ1n) is 5.56. The van der Waals surface area contributed by atoms with Crippen LogP contribution >= 0.6 is 0 Å². The number of nitrogens with one attached hydrogen (secondary N) is 1. The van der Waals surface area contributed by atoms with E-state index in [1.54, 1.807) is 11.0 Å². The summed E-state index contributed by atoms with van der Waals surface area (Å²) in [6.45, 7) is 0.0982. The summed E-state index contributed by atoms with van der Waals surface area (Å²) in [4.78, 5) is 35.5. The van der Waals surface area contributed by atoms with Crippen LogP contribution in [0.3, 0.4) is 0 Å². The monoisotopic (exact) mass is 263 g/mol. The van der Waals surface area contributed by atoms with Crippen molar-refractivity contribution < 1.29 is 19.1 Å². The Bertz CT molecular complexity index is 540. The van der Waals surface area contributed by atoms with Gasteiger partial charge in [0.05, 0.1) is 37.1 Å². The van der Waals surface area contributed by atoms with Crippen molar-refractivity contribution in [1.82, 2.24) is 5.32 Å². The molecule has 2 rings (SSSR count). The van der Waals surface area contributed by atoms with Crippen LogP contribution in [-0.4, -0.2) is 38.0 Å². The van der Waals surface area contributed by atoms with Crippen LogP contribution in [0.2, 0.25) is 0 Å². The van der Waals surface area contributed by atoms with Crippen molar-refractivity contribution >= 4 is 29.2 Å². The summed E-state index contributed by atoms with van der Waals surface area (Å²) < 4.78 is 4.58. The number of nitrogens with zero attached hydrogens (tertiary/aromatic N) is 1. The summed E-state index contributed by atoms with van der Waals surface area (Å²) >= 11 is 0. The number of imide groups is 1. The van der Waals surface area contributed by atoms with Crippen LogP contribution in [-0.2, 0) is 14.3 Å². The first-order valence-corrected chi connectivity index (χ1v) is 5.56. The molecule has 1 aliphatic rings. The number of nitrogens with two attached hydrogens (primary N) is 1. The molecule has 0 aromatic heterocycles. The van der Waals surface area contributed by atoms with Gasteiger partial charge in [-0.3, -0.25) is 14.9 Å². The number of anilines is 2. The average molecular weight is 263 g/mol. The van der Waals surface area contributed by atoms with Crippen molar-refractivity contribution in [2.45, 2.75) is 0 Å². The molecule has 1 fully saturated rings. The number of carbonyl (C=O) groups is 3. The van der Waals surface area contributed by atoms with Gasteiger partial charge in [-0.1, -0.05) is 0 Å². The highest BCUT2D eigenvalue weighted by Gasteiger charge is 2.24. The minimum atomic E-state index is -0.495. The summed E-state index contributed by atoms with van der Waals surface area (Å²) in [7, 11) is 1.28. The van der Waals surface area contributed by atoms with E-state index < -0.39 is 5.97 Å². The number of benzene rings is 1. The molecule has 1 saturated heterocycles. The average Bonchev–Trinajstić information content (AvgIpc) is 2.36. The Morgan fingerprint density at radius 3 is 2.47 bits per heavy atom. The number of hydrogen-bond acceptors (Lipinski definition) is 6. The van der Waals surface area contributed by atoms with Gasteiger partial charge in [-0.25, -0.2) is 4.79 Å². The molecule has 3 N–H and O–H groups in total. The van der Waals surface area contributed by atoms with E-state index in [9.17, 15) is 14.4 Å². The van der Waals surface area contributed by atoms with E-state index in [-0.39, 0.29) is 24.9 Å². The van der Waals surface area contributed by atoms with E-state index in [0.29, 0.717) is 16.9 Å². The number of hydrogen-bond donors (Lipinski definition) is 2. The molecule has 100 valence electrons. The second-order valence-corrected chi connectivity index (χ2v) is 4.09. The number of rotatable bonds is 2. The highest BCUT2D eigenvalue weighted by molar-refractivity contribution is 6.03. The molecule has 0 unspecified atom stereocenters. The first-order chi connectivity index (χ1) is 9.01. The van der Waals surface area contributed by atoms with Gasteiger partial charge in [0.1, 0.15) is 0 Å². The minimum Gasteiger partial charge on any atom is -0.465 e. The quantitative estimate of drug-likeness (QED) is 0.424. The van der Waals surface area contributed by atoms with Crippen LogP contribution in [0.1, 0.15) is 10.4 Å². The number of esters is 1. The predicted molar refractivity (Wildman–Crippen MR) is 67.6 cm³/mol. The fourth-order valence-corrected chi connectivity index (χ4v) is 1.89. The third kappa shape index (κ3) is 2.65. The van der Waals surface area contributed by atoms with Crippen LogP contribution in [0, 0.1) is 0 Å². The zero-order valence-corrected chi connectivity index (χ0v) is 10.3. The largest absolute Gasteiger partial charge is 0.465 e. The molecule has 0 saturated carbocycles. The van der Waals surface area contributed by atoms with E-state index in [1.807, 2.05) is 0 Å². The summed E-state index contributed by atoms with van der Waals surface area (Å²) in [6, 6.07) is 4.58. The molecule has 0 atom stereocenters. The number of amides is 2. The minimum absolute atomic E-state index is 0.0491. The van der Waals surface area contributed by atoms with Crippen molar-refractivity contribution in [3.8, 4) is 0 Å². The predicted octanol–water partition coefficient (Wildman–Crippen LogP) is -0.482. The molecule has 1 aromatic carbocycles. The third-order valence-electron chi connectivity index (χ3n) is 2.74. The normalized spacial score (nSPS) is 15.1. The molecule has 7 heteroatoms. The Morgan fingerprint density at radius 2 is 1.95 bits per heavy atom. The second-order valence-electron chi connectivity index (χ2n) is 4.09. The zero-order valence-electron chi connectivity index (χ0n) is 10.3. The Labute approximate surface area is 109 Å². The molecule has 1 aromatic rings. The van der Waals surface area contributed by atoms with Crippen LogP contribution in [0.15, 0.2) is 18.2 Å². The lowest BCUT2D eigenvalue weighted by Crippen LogP contribution is -2.51. The van der Waals surface area contributed by atoms with Crippen LogP contribution < -0.4 is 16.0 Å². The van der Waals surface area contributed by atoms with E-state index in [0.717, 1.165) is 0 Å². The molecule has 0 spiro atoms. The fourth-order valence-electron chi connectivity index (χ4n) is 1.89. The number of nitrogen functional groups attached to an aromatic ring is 1. The number of carbonyl (C=O) groups excluding carboxylic acids is 3. The van der Waals surface area contributed by atoms with E-state index >= 15 is 0 Å². The maximum absolute atomic E-state index is 11.3. The van der Waals surface area contributed by atoms with Gasteiger partial charge in [0.25, 0.3) is 0 Å². The van der Waals surface area contributed by atoms with Crippen LogP contribution in [0.25, 0.3) is 0 Å². The lowest BCUT2D eigenvalue weighted by molar-refractivity contribution is -0.130. The third-order valence-corrected chi connectivity index (χ3v) is 2.74. The maximum Gasteiger partial charge on any atom is 0.337 e. The lowest BCUT2D eigenvalue weighted by Gasteiger charge is -2.28. The van der Waals surface area contributed by atoms with Crippen molar-refractivity contribution in [3.63, 3.8) is 0 Å². The second kappa shape index (κ2) is 4.97. The Balaban J connectivity index is 2.28. The number of piperazine rings is 1. The van der Waals surface area contributed by atoms with Gasteiger partial charge in [-0.05, 0) is 18.2 Å². The van der Waals surface area contributed by atoms with Gasteiger partial charge in [-0.15, -0.1) is 0 Å². The standard InChI is InChI=1S/C12H13N3O4/c1-19-12(18)7-2-3-9(8(13)4-7)15-5-10(16)14-11(17)6-15/h2-4H,5-6,13H2,1H3,(H,14,16,17). The molecule has 7 nitrogen and oxygen atoms in total. The van der Waals surface area contributed by atoms with Crippen molar-refractivity contribution in [2.24, 2.45) is 0 Å². The molecule has 0 radical (unpaired) electrons. The van der Waals surface area contributed by atoms with Gasteiger partial charge in [0.2, 0.25) is 11.8 Å². The number of ether oxygens (including phenoxy) is 1. The van der Waals surface area contributed by atoms with Gasteiger partial charge in [-0.2, -0.15) is 0 Å². The molecule has 0 aliphatic carbocycles. The molecule has 1 aliphatic heterocycles. The summed E-state index contributed by atoms with van der Waals surface area (Å²) in [6.07, 6.45) is 0. The van der Waals surface area contributed by atoms with Gasteiger partial charge in [0, 0.05) is 0 Å². The first kappa shape index (κ1) is 12.9. The summed E-state index contributed by atoms with van der Waals surface area (Å²) in [5, 5.41) is 2.20. The number of methoxy groups -OCH3 is 1. The zero-order chi connectivity index (χ0) is 14.0. The van der Waals surface area contributed by atoms with Crippen molar-refractivity contribution in [2.75, 3.05) is 30.8 Å². The molecule has 0 bridgehead atoms. The Hall–Kier alpha value is -2.57. The van der Waals surface area contributed by atoms with E-state index in [2.05, 4.69) is 10.1 Å². The maximum atomic E-state index is 11.3. The SMILES string of the molecule is COC(=O)c1ccc(N2CC(=O)NC(=O)C2)c(N)c1. The topological polar surface area (TPSA) is 102 Å². The Kier molecular flexibility index (Phi) is 3.37. The highest BCUT2D eigenvalue weighted by Crippen LogP contribution is 2.25. The van der Waals surface area contributed by atoms with E-state index in [4.69, 9.17) is 5.73 Å². The summed E-state index contributed by atoms with van der Waals surface area (Å²) in [5.41, 5.74) is 7.01.